The zero-order valence-corrected chi connectivity index (χ0v) is 16.1. The molecule has 0 radical (unpaired) electrons. The molecule has 1 heterocycles. The number of amides is 3. The van der Waals surface area contributed by atoms with Crippen molar-refractivity contribution in [3.05, 3.63) is 60.2 Å². The third-order valence-electron chi connectivity index (χ3n) is 4.79. The zero-order valence-electron chi connectivity index (χ0n) is 16.1. The second-order valence-electron chi connectivity index (χ2n) is 6.66. The Balaban J connectivity index is 1.75. The van der Waals surface area contributed by atoms with E-state index >= 15 is 0 Å². The van der Waals surface area contributed by atoms with Gasteiger partial charge in [0, 0.05) is 13.5 Å². The molecule has 3 rings (SSSR count). The first kappa shape index (κ1) is 19.6. The minimum atomic E-state index is -0.764. The molecular formula is C22H24N2O4. The van der Waals surface area contributed by atoms with E-state index in [4.69, 9.17) is 4.74 Å². The molecule has 6 nitrogen and oxygen atoms in total. The number of carbonyl (C=O) groups is 3. The lowest BCUT2D eigenvalue weighted by atomic mass is 10.1. The van der Waals surface area contributed by atoms with Crippen molar-refractivity contribution >= 4 is 23.4 Å². The predicted octanol–water partition coefficient (Wildman–Crippen LogP) is 2.81. The molecule has 2 aromatic carbocycles. The van der Waals surface area contributed by atoms with Crippen molar-refractivity contribution in [3.63, 3.8) is 0 Å². The van der Waals surface area contributed by atoms with Gasteiger partial charge in [-0.05, 0) is 43.2 Å². The quantitative estimate of drug-likeness (QED) is 0.693. The Morgan fingerprint density at radius 3 is 2.39 bits per heavy atom. The molecule has 1 atom stereocenters. The van der Waals surface area contributed by atoms with Gasteiger partial charge in [0.2, 0.25) is 11.8 Å². The monoisotopic (exact) mass is 380 g/mol. The van der Waals surface area contributed by atoms with Gasteiger partial charge in [-0.1, -0.05) is 30.3 Å². The minimum absolute atomic E-state index is 0.000411. The van der Waals surface area contributed by atoms with Crippen LogP contribution in [0.2, 0.25) is 0 Å². The number of carbonyl (C=O) groups excluding carboxylic acids is 3. The van der Waals surface area contributed by atoms with E-state index in [1.807, 2.05) is 37.3 Å². The minimum Gasteiger partial charge on any atom is -0.494 e. The lowest BCUT2D eigenvalue weighted by molar-refractivity contribution is -0.136. The standard InChI is InChI=1S/C22H24N2O4/c1-3-28-19-11-9-18(10-12-19)24-21(26)15-20(22(24)27)23(16(2)25)14-13-17-7-5-4-6-8-17/h4-12,20H,3,13-15H2,1-2H3/t20-/m0/s1. The molecule has 146 valence electrons. The van der Waals surface area contributed by atoms with E-state index in [9.17, 15) is 14.4 Å². The molecule has 28 heavy (non-hydrogen) atoms. The molecule has 1 aliphatic rings. The van der Waals surface area contributed by atoms with Gasteiger partial charge in [0.05, 0.1) is 18.7 Å². The van der Waals surface area contributed by atoms with Crippen molar-refractivity contribution in [2.75, 3.05) is 18.1 Å². The van der Waals surface area contributed by atoms with Crippen LogP contribution in [-0.2, 0) is 20.8 Å². The van der Waals surface area contributed by atoms with Gasteiger partial charge in [0.25, 0.3) is 5.91 Å². The number of hydrogen-bond acceptors (Lipinski definition) is 4. The Bertz CT molecular complexity index is 849. The highest BCUT2D eigenvalue weighted by molar-refractivity contribution is 6.23. The molecular weight excluding hydrogens is 356 g/mol. The van der Waals surface area contributed by atoms with E-state index in [0.29, 0.717) is 31.0 Å². The van der Waals surface area contributed by atoms with Crippen LogP contribution in [0.15, 0.2) is 54.6 Å². The summed E-state index contributed by atoms with van der Waals surface area (Å²) < 4.78 is 5.40. The normalized spacial score (nSPS) is 16.4. The summed E-state index contributed by atoms with van der Waals surface area (Å²) in [4.78, 5) is 40.4. The van der Waals surface area contributed by atoms with Crippen molar-refractivity contribution in [2.24, 2.45) is 0 Å². The lowest BCUT2D eigenvalue weighted by Crippen LogP contribution is -2.45. The van der Waals surface area contributed by atoms with Gasteiger partial charge in [-0.25, -0.2) is 4.90 Å². The number of hydrogen-bond donors (Lipinski definition) is 0. The Hall–Kier alpha value is -3.15. The molecule has 0 spiro atoms. The van der Waals surface area contributed by atoms with Crippen LogP contribution in [-0.4, -0.2) is 41.8 Å². The fourth-order valence-corrected chi connectivity index (χ4v) is 3.42. The molecule has 0 aliphatic carbocycles. The van der Waals surface area contributed by atoms with Gasteiger partial charge in [-0.2, -0.15) is 0 Å². The molecule has 1 saturated heterocycles. The molecule has 1 aliphatic heterocycles. The Labute approximate surface area is 164 Å². The zero-order chi connectivity index (χ0) is 20.1. The Morgan fingerprint density at radius 2 is 1.79 bits per heavy atom. The van der Waals surface area contributed by atoms with Gasteiger partial charge in [0.15, 0.2) is 0 Å². The number of imide groups is 1. The fraction of sp³-hybridized carbons (Fsp3) is 0.318. The maximum atomic E-state index is 13.0. The molecule has 3 amide bonds. The molecule has 0 aromatic heterocycles. The summed E-state index contributed by atoms with van der Waals surface area (Å²) in [6, 6.07) is 15.8. The highest BCUT2D eigenvalue weighted by atomic mass is 16.5. The largest absolute Gasteiger partial charge is 0.494 e. The van der Waals surface area contributed by atoms with Crippen molar-refractivity contribution in [2.45, 2.75) is 32.7 Å². The third-order valence-corrected chi connectivity index (χ3v) is 4.79. The van der Waals surface area contributed by atoms with E-state index in [1.54, 1.807) is 24.3 Å². The molecule has 0 saturated carbocycles. The highest BCUT2D eigenvalue weighted by Crippen LogP contribution is 2.27. The van der Waals surface area contributed by atoms with Crippen LogP contribution in [0.1, 0.15) is 25.8 Å². The average Bonchev–Trinajstić information content (AvgIpc) is 2.98. The first-order chi connectivity index (χ1) is 13.5. The maximum Gasteiger partial charge on any atom is 0.257 e. The molecule has 0 N–H and O–H groups in total. The van der Waals surface area contributed by atoms with Crippen molar-refractivity contribution in [1.82, 2.24) is 4.90 Å². The highest BCUT2D eigenvalue weighted by Gasteiger charge is 2.43. The number of rotatable bonds is 7. The van der Waals surface area contributed by atoms with Gasteiger partial charge >= 0.3 is 0 Å². The summed E-state index contributed by atoms with van der Waals surface area (Å²) in [5.41, 5.74) is 1.57. The maximum absolute atomic E-state index is 13.0. The Morgan fingerprint density at radius 1 is 1.11 bits per heavy atom. The number of nitrogens with zero attached hydrogens (tertiary/aromatic N) is 2. The average molecular weight is 380 g/mol. The summed E-state index contributed by atoms with van der Waals surface area (Å²) >= 11 is 0. The van der Waals surface area contributed by atoms with E-state index in [1.165, 1.54) is 16.7 Å². The van der Waals surface area contributed by atoms with Crippen LogP contribution in [0.25, 0.3) is 0 Å². The first-order valence-electron chi connectivity index (χ1n) is 9.42. The van der Waals surface area contributed by atoms with E-state index < -0.39 is 6.04 Å². The molecule has 0 bridgehead atoms. The SMILES string of the molecule is CCOc1ccc(N2C(=O)C[C@H](N(CCc3ccccc3)C(C)=O)C2=O)cc1. The van der Waals surface area contributed by atoms with Gasteiger partial charge in [-0.15, -0.1) is 0 Å². The summed E-state index contributed by atoms with van der Waals surface area (Å²) in [6.07, 6.45) is 0.627. The van der Waals surface area contributed by atoms with Gasteiger partial charge < -0.3 is 9.64 Å². The van der Waals surface area contributed by atoms with Crippen LogP contribution in [0, 0.1) is 0 Å². The van der Waals surface area contributed by atoms with Gasteiger partial charge in [0.1, 0.15) is 11.8 Å². The number of benzene rings is 2. The lowest BCUT2D eigenvalue weighted by Gasteiger charge is -2.26. The molecule has 0 unspecified atom stereocenters. The van der Waals surface area contributed by atoms with Crippen LogP contribution < -0.4 is 9.64 Å². The summed E-state index contributed by atoms with van der Waals surface area (Å²) in [5, 5.41) is 0. The third kappa shape index (κ3) is 4.22. The predicted molar refractivity (Wildman–Crippen MR) is 106 cm³/mol. The summed E-state index contributed by atoms with van der Waals surface area (Å²) in [7, 11) is 0. The van der Waals surface area contributed by atoms with Crippen molar-refractivity contribution < 1.29 is 19.1 Å². The molecule has 2 aromatic rings. The van der Waals surface area contributed by atoms with Crippen LogP contribution in [0.5, 0.6) is 5.75 Å². The van der Waals surface area contributed by atoms with E-state index in [-0.39, 0.29) is 24.1 Å². The molecule has 1 fully saturated rings. The topological polar surface area (TPSA) is 66.9 Å². The summed E-state index contributed by atoms with van der Waals surface area (Å²) in [5.74, 6) is -0.201. The van der Waals surface area contributed by atoms with Crippen LogP contribution in [0.4, 0.5) is 5.69 Å². The fourth-order valence-electron chi connectivity index (χ4n) is 3.42. The van der Waals surface area contributed by atoms with Crippen LogP contribution in [0.3, 0.4) is 0 Å². The van der Waals surface area contributed by atoms with E-state index in [0.717, 1.165) is 5.56 Å². The smallest absolute Gasteiger partial charge is 0.257 e. The molecule has 6 heteroatoms. The second-order valence-corrected chi connectivity index (χ2v) is 6.66. The van der Waals surface area contributed by atoms with Crippen LogP contribution >= 0.6 is 0 Å². The van der Waals surface area contributed by atoms with Crippen molar-refractivity contribution in [1.29, 1.82) is 0 Å². The first-order valence-corrected chi connectivity index (χ1v) is 9.42. The number of anilines is 1. The Kier molecular flexibility index (Phi) is 6.09. The second kappa shape index (κ2) is 8.69. The number of ether oxygens (including phenoxy) is 1. The van der Waals surface area contributed by atoms with E-state index in [2.05, 4.69) is 0 Å². The summed E-state index contributed by atoms with van der Waals surface area (Å²) in [6.45, 7) is 4.25. The van der Waals surface area contributed by atoms with Crippen molar-refractivity contribution in [3.8, 4) is 5.75 Å². The van der Waals surface area contributed by atoms with Gasteiger partial charge in [-0.3, -0.25) is 14.4 Å².